The van der Waals surface area contributed by atoms with Gasteiger partial charge in [-0.05, 0) is 31.0 Å². The van der Waals surface area contributed by atoms with Gasteiger partial charge in [0.25, 0.3) is 0 Å². The van der Waals surface area contributed by atoms with Crippen LogP contribution in [0.2, 0.25) is 0 Å². The fraction of sp³-hybridized carbons (Fsp3) is 0. The maximum absolute atomic E-state index is 4.57. The summed E-state index contributed by atoms with van der Waals surface area (Å²) in [4.78, 5) is 12.4. The molecule has 3 nitrogen and oxygen atoms in total. The number of allylic oxidation sites excluding steroid dienone is 2. The fourth-order valence-corrected chi connectivity index (χ4v) is 1.59. The third-order valence-corrected chi connectivity index (χ3v) is 2.45. The molecule has 2 aromatic heterocycles. The second kappa shape index (κ2) is 5.68. The number of aliphatic imine (C=N–C) groups is 1. The number of aromatic nitrogens is 2. The highest BCUT2D eigenvalue weighted by Crippen LogP contribution is 2.19. The summed E-state index contributed by atoms with van der Waals surface area (Å²) in [6, 6.07) is 9.67. The molecule has 0 spiro atoms. The highest BCUT2D eigenvalue weighted by molar-refractivity contribution is 5.73. The first-order chi connectivity index (χ1) is 8.85. The van der Waals surface area contributed by atoms with Crippen LogP contribution in [0.15, 0.2) is 66.6 Å². The Morgan fingerprint density at radius 3 is 2.78 bits per heavy atom. The molecule has 0 aliphatic carbocycles. The van der Waals surface area contributed by atoms with Gasteiger partial charge in [0.1, 0.15) is 0 Å². The predicted octanol–water partition coefficient (Wildman–Crippen LogP) is 3.37. The summed E-state index contributed by atoms with van der Waals surface area (Å²) in [6.45, 7) is 7.19. The lowest BCUT2D eigenvalue weighted by Crippen LogP contribution is -1.90. The number of hydrogen-bond donors (Lipinski definition) is 0. The van der Waals surface area contributed by atoms with E-state index in [1.165, 1.54) is 0 Å². The molecule has 2 heterocycles. The van der Waals surface area contributed by atoms with E-state index in [1.807, 2.05) is 30.3 Å². The van der Waals surface area contributed by atoms with Crippen LogP contribution in [-0.4, -0.2) is 16.7 Å². The second-order valence-electron chi connectivity index (χ2n) is 3.62. The Balaban J connectivity index is 2.45. The Kier molecular flexibility index (Phi) is 3.76. The quantitative estimate of drug-likeness (QED) is 0.602. The topological polar surface area (TPSA) is 38.1 Å². The van der Waals surface area contributed by atoms with E-state index in [4.69, 9.17) is 0 Å². The van der Waals surface area contributed by atoms with Gasteiger partial charge in [0.2, 0.25) is 0 Å². The molecule has 0 radical (unpaired) electrons. The maximum atomic E-state index is 4.57. The van der Waals surface area contributed by atoms with E-state index >= 15 is 0 Å². The minimum absolute atomic E-state index is 0.818. The molecule has 3 heteroatoms. The van der Waals surface area contributed by atoms with Crippen molar-refractivity contribution in [2.24, 2.45) is 4.99 Å². The van der Waals surface area contributed by atoms with Gasteiger partial charge in [-0.3, -0.25) is 9.98 Å². The second-order valence-corrected chi connectivity index (χ2v) is 3.62. The molecule has 0 saturated heterocycles. The molecule has 0 saturated carbocycles. The van der Waals surface area contributed by atoms with Crippen LogP contribution >= 0.6 is 0 Å². The first-order valence-corrected chi connectivity index (χ1v) is 5.51. The van der Waals surface area contributed by atoms with Gasteiger partial charge in [-0.2, -0.15) is 0 Å². The van der Waals surface area contributed by atoms with Gasteiger partial charge in [-0.25, -0.2) is 4.98 Å². The van der Waals surface area contributed by atoms with Crippen molar-refractivity contribution in [1.29, 1.82) is 0 Å². The zero-order chi connectivity index (χ0) is 12.8. The van der Waals surface area contributed by atoms with Crippen molar-refractivity contribution in [2.75, 3.05) is 0 Å². The smallest absolute Gasteiger partial charge is 0.0725 e. The highest BCUT2D eigenvalue weighted by Gasteiger charge is 2.03. The molecular formula is C15H13N3. The minimum Gasteiger partial charge on any atom is -0.272 e. The van der Waals surface area contributed by atoms with Crippen molar-refractivity contribution in [3.63, 3.8) is 0 Å². The lowest BCUT2D eigenvalue weighted by Gasteiger charge is -2.04. The van der Waals surface area contributed by atoms with Crippen LogP contribution in [0.25, 0.3) is 16.8 Å². The van der Waals surface area contributed by atoms with Gasteiger partial charge < -0.3 is 0 Å². The summed E-state index contributed by atoms with van der Waals surface area (Å²) in [6.07, 6.45) is 6.88. The molecule has 0 fully saturated rings. The molecular weight excluding hydrogens is 222 g/mol. The molecule has 0 atom stereocenters. The van der Waals surface area contributed by atoms with E-state index in [9.17, 15) is 0 Å². The van der Waals surface area contributed by atoms with Crippen molar-refractivity contribution in [1.82, 2.24) is 9.97 Å². The Morgan fingerprint density at radius 2 is 2.11 bits per heavy atom. The highest BCUT2D eigenvalue weighted by atomic mass is 14.7. The molecule has 0 bridgehead atoms. The number of nitrogens with zero attached hydrogens (tertiary/aromatic N) is 3. The molecule has 2 aromatic rings. The van der Waals surface area contributed by atoms with E-state index in [-0.39, 0.29) is 0 Å². The van der Waals surface area contributed by atoms with Crippen LogP contribution in [0, 0.1) is 0 Å². The van der Waals surface area contributed by atoms with Crippen molar-refractivity contribution in [3.8, 4) is 11.3 Å². The van der Waals surface area contributed by atoms with E-state index in [0.29, 0.717) is 0 Å². The largest absolute Gasteiger partial charge is 0.272 e. The van der Waals surface area contributed by atoms with Crippen LogP contribution in [0.1, 0.15) is 5.69 Å². The molecule has 18 heavy (non-hydrogen) atoms. The van der Waals surface area contributed by atoms with Crippen LogP contribution in [0.5, 0.6) is 0 Å². The maximum Gasteiger partial charge on any atom is 0.0725 e. The third-order valence-electron chi connectivity index (χ3n) is 2.45. The molecule has 0 aromatic carbocycles. The lowest BCUT2D eigenvalue weighted by molar-refractivity contribution is 1.25. The number of rotatable bonds is 4. The number of hydrogen-bond acceptors (Lipinski definition) is 3. The Labute approximate surface area is 106 Å². The summed E-state index contributed by atoms with van der Waals surface area (Å²) in [5.41, 5.74) is 3.52. The molecule has 0 unspecified atom stereocenters. The minimum atomic E-state index is 0.818. The average molecular weight is 235 g/mol. The first kappa shape index (κ1) is 11.9. The SMILES string of the molecule is C=C/C(=C\N=C)c1cccc(-c2cccnc2)n1. The van der Waals surface area contributed by atoms with Crippen LogP contribution in [0.3, 0.4) is 0 Å². The third kappa shape index (κ3) is 2.58. The Hall–Kier alpha value is -2.55. The van der Waals surface area contributed by atoms with Gasteiger partial charge in [-0.1, -0.05) is 18.7 Å². The fourth-order valence-electron chi connectivity index (χ4n) is 1.59. The first-order valence-electron chi connectivity index (χ1n) is 5.51. The zero-order valence-corrected chi connectivity index (χ0v) is 9.95. The summed E-state index contributed by atoms with van der Waals surface area (Å²) in [7, 11) is 0. The summed E-state index contributed by atoms with van der Waals surface area (Å²) in [5, 5.41) is 0. The Morgan fingerprint density at radius 1 is 1.22 bits per heavy atom. The lowest BCUT2D eigenvalue weighted by atomic mass is 10.1. The normalized spacial score (nSPS) is 11.0. The average Bonchev–Trinajstić information content (AvgIpc) is 2.46. The molecule has 2 rings (SSSR count). The van der Waals surface area contributed by atoms with E-state index in [0.717, 1.165) is 22.5 Å². The Bertz CT molecular complexity index is 586. The van der Waals surface area contributed by atoms with Crippen LogP contribution < -0.4 is 0 Å². The summed E-state index contributed by atoms with van der Waals surface area (Å²) >= 11 is 0. The van der Waals surface area contributed by atoms with Crippen molar-refractivity contribution < 1.29 is 0 Å². The van der Waals surface area contributed by atoms with Crippen LogP contribution in [-0.2, 0) is 0 Å². The van der Waals surface area contributed by atoms with Crippen molar-refractivity contribution >= 4 is 12.3 Å². The van der Waals surface area contributed by atoms with Crippen molar-refractivity contribution in [3.05, 3.63) is 67.3 Å². The number of pyridine rings is 2. The molecule has 0 amide bonds. The molecule has 0 N–H and O–H groups in total. The zero-order valence-electron chi connectivity index (χ0n) is 9.95. The monoisotopic (exact) mass is 235 g/mol. The van der Waals surface area contributed by atoms with Gasteiger partial charge in [0, 0.05) is 29.7 Å². The van der Waals surface area contributed by atoms with Crippen LogP contribution in [0.4, 0.5) is 0 Å². The summed E-state index contributed by atoms with van der Waals surface area (Å²) in [5.74, 6) is 0. The van der Waals surface area contributed by atoms with Gasteiger partial charge in [-0.15, -0.1) is 0 Å². The summed E-state index contributed by atoms with van der Waals surface area (Å²) < 4.78 is 0. The molecule has 88 valence electrons. The molecule has 0 aliphatic rings. The predicted molar refractivity (Wildman–Crippen MR) is 75.2 cm³/mol. The van der Waals surface area contributed by atoms with Crippen molar-refractivity contribution in [2.45, 2.75) is 0 Å². The van der Waals surface area contributed by atoms with Gasteiger partial charge in [0.15, 0.2) is 0 Å². The van der Waals surface area contributed by atoms with Gasteiger partial charge in [0.05, 0.1) is 11.4 Å². The van der Waals surface area contributed by atoms with Gasteiger partial charge >= 0.3 is 0 Å². The van der Waals surface area contributed by atoms with E-state index < -0.39 is 0 Å². The molecule has 0 aliphatic heterocycles. The van der Waals surface area contributed by atoms with E-state index in [1.54, 1.807) is 24.7 Å². The standard InChI is InChI=1S/C15H13N3/c1-3-12(10-16-2)14-7-4-8-15(18-14)13-6-5-9-17-11-13/h3-11H,1-2H2/b12-10+. The van der Waals surface area contributed by atoms with E-state index in [2.05, 4.69) is 28.3 Å².